The van der Waals surface area contributed by atoms with E-state index in [0.717, 1.165) is 44.8 Å². The van der Waals surface area contributed by atoms with E-state index in [1.54, 1.807) is 24.3 Å². The zero-order valence-corrected chi connectivity index (χ0v) is 29.7. The van der Waals surface area contributed by atoms with Crippen LogP contribution in [0.4, 0.5) is 9.59 Å². The molecule has 0 unspecified atom stereocenters. The lowest BCUT2D eigenvalue weighted by Gasteiger charge is -2.37. The Labute approximate surface area is 293 Å². The summed E-state index contributed by atoms with van der Waals surface area (Å²) in [6, 6.07) is 5.92. The van der Waals surface area contributed by atoms with Gasteiger partial charge in [-0.3, -0.25) is 9.59 Å². The lowest BCUT2D eigenvalue weighted by atomic mass is 9.80. The number of hydrogen-bond acceptors (Lipinski definition) is 10. The minimum Gasteiger partial charge on any atom is -0.466 e. The number of furan rings is 2. The summed E-state index contributed by atoms with van der Waals surface area (Å²) >= 11 is 0. The molecule has 278 valence electrons. The van der Waals surface area contributed by atoms with Crippen LogP contribution in [-0.4, -0.2) is 65.2 Å². The SMILES string of the molecule is CC(C)[C@@H](C=O)NC(=O)C1(NC(=O)OCc2ccco2)CCCCC1.CC(C)[C@@H](CO)NC(=O)C1(NC(=O)OCc2ccco2)CCCCC1. The molecular formula is C36H54N4O10. The van der Waals surface area contributed by atoms with Crippen molar-refractivity contribution >= 4 is 30.3 Å². The lowest BCUT2D eigenvalue weighted by molar-refractivity contribution is -0.131. The number of carbonyl (C=O) groups is 5. The van der Waals surface area contributed by atoms with Crippen molar-refractivity contribution in [3.05, 3.63) is 48.3 Å². The highest BCUT2D eigenvalue weighted by Crippen LogP contribution is 2.30. The molecule has 2 aliphatic carbocycles. The van der Waals surface area contributed by atoms with Gasteiger partial charge in [-0.2, -0.15) is 0 Å². The molecule has 0 aromatic carbocycles. The number of aldehydes is 1. The van der Waals surface area contributed by atoms with E-state index in [9.17, 15) is 29.1 Å². The van der Waals surface area contributed by atoms with Gasteiger partial charge in [-0.1, -0.05) is 66.2 Å². The van der Waals surface area contributed by atoms with Crippen molar-refractivity contribution in [2.24, 2.45) is 11.8 Å². The molecule has 2 atom stereocenters. The number of ether oxygens (including phenoxy) is 2. The fraction of sp³-hybridized carbons (Fsp3) is 0.639. The van der Waals surface area contributed by atoms with E-state index in [1.165, 1.54) is 12.5 Å². The van der Waals surface area contributed by atoms with Gasteiger partial charge < -0.3 is 49.5 Å². The van der Waals surface area contributed by atoms with Crippen molar-refractivity contribution in [2.75, 3.05) is 6.61 Å². The van der Waals surface area contributed by atoms with Crippen LogP contribution in [0, 0.1) is 11.8 Å². The molecule has 14 nitrogen and oxygen atoms in total. The van der Waals surface area contributed by atoms with Crippen LogP contribution in [0.5, 0.6) is 0 Å². The molecule has 2 saturated carbocycles. The maximum Gasteiger partial charge on any atom is 0.408 e. The van der Waals surface area contributed by atoms with Gasteiger partial charge in [0, 0.05) is 0 Å². The first-order chi connectivity index (χ1) is 23.9. The largest absolute Gasteiger partial charge is 0.466 e. The smallest absolute Gasteiger partial charge is 0.408 e. The molecule has 14 heteroatoms. The van der Waals surface area contributed by atoms with Crippen LogP contribution in [0.25, 0.3) is 0 Å². The van der Waals surface area contributed by atoms with E-state index in [4.69, 9.17) is 18.3 Å². The van der Waals surface area contributed by atoms with Crippen molar-refractivity contribution in [3.8, 4) is 0 Å². The second-order valence-corrected chi connectivity index (χ2v) is 13.7. The van der Waals surface area contributed by atoms with Gasteiger partial charge in [-0.05, 0) is 61.8 Å². The summed E-state index contributed by atoms with van der Waals surface area (Å²) in [6.07, 6.45) is 10.0. The second kappa shape index (κ2) is 19.8. The summed E-state index contributed by atoms with van der Waals surface area (Å²) in [5.74, 6) is 0.562. The Kier molecular flexibility index (Phi) is 15.8. The molecule has 4 amide bonds. The molecule has 5 N–H and O–H groups in total. The van der Waals surface area contributed by atoms with E-state index in [2.05, 4.69) is 21.3 Å². The zero-order valence-electron chi connectivity index (χ0n) is 29.7. The van der Waals surface area contributed by atoms with Crippen molar-refractivity contribution in [3.63, 3.8) is 0 Å². The number of nitrogens with one attached hydrogen (secondary N) is 4. The van der Waals surface area contributed by atoms with E-state index in [-0.39, 0.29) is 49.5 Å². The Bertz CT molecular complexity index is 1330. The van der Waals surface area contributed by atoms with Gasteiger partial charge in [-0.15, -0.1) is 0 Å². The van der Waals surface area contributed by atoms with Gasteiger partial charge >= 0.3 is 12.2 Å². The standard InChI is InChI=1S/C18H28N2O5.C18H26N2O5/c2*1-13(2)15(11-21)19-16(22)18(8-4-3-5-9-18)20-17(23)25-12-14-7-6-10-24-14/h6-7,10,13,15,21H,3-5,8-9,11-12H2,1-2H3,(H,19,22)(H,20,23);6-7,10-11,13,15H,3-5,8-9,12H2,1-2H3,(H,19,22)(H,20,23)/t2*15-/m11/s1. The molecule has 0 bridgehead atoms. The topological polar surface area (TPSA) is 198 Å². The van der Waals surface area contributed by atoms with Crippen molar-refractivity contribution in [1.82, 2.24) is 21.3 Å². The molecule has 2 fully saturated rings. The summed E-state index contributed by atoms with van der Waals surface area (Å²) in [7, 11) is 0. The Morgan fingerprint density at radius 3 is 1.52 bits per heavy atom. The summed E-state index contributed by atoms with van der Waals surface area (Å²) in [4.78, 5) is 61.2. The number of carbonyl (C=O) groups excluding carboxylic acids is 5. The highest BCUT2D eigenvalue weighted by Gasteiger charge is 2.43. The fourth-order valence-electron chi connectivity index (χ4n) is 6.03. The maximum atomic E-state index is 12.9. The predicted octanol–water partition coefficient (Wildman–Crippen LogP) is 4.89. The van der Waals surface area contributed by atoms with Crippen molar-refractivity contribution < 1.29 is 47.4 Å². The van der Waals surface area contributed by atoms with Gasteiger partial charge in [0.2, 0.25) is 11.8 Å². The number of aliphatic hydroxyl groups is 1. The molecule has 50 heavy (non-hydrogen) atoms. The van der Waals surface area contributed by atoms with Gasteiger partial charge in [0.1, 0.15) is 28.9 Å². The summed E-state index contributed by atoms with van der Waals surface area (Å²) in [5.41, 5.74) is -2.02. The lowest BCUT2D eigenvalue weighted by Crippen LogP contribution is -2.62. The average molecular weight is 703 g/mol. The van der Waals surface area contributed by atoms with Crippen molar-refractivity contribution in [2.45, 2.75) is 128 Å². The molecular weight excluding hydrogens is 648 g/mol. The van der Waals surface area contributed by atoms with Crippen LogP contribution in [0.2, 0.25) is 0 Å². The third-order valence-electron chi connectivity index (χ3n) is 9.30. The summed E-state index contributed by atoms with van der Waals surface area (Å²) in [5, 5.41) is 20.6. The third-order valence-corrected chi connectivity index (χ3v) is 9.30. The number of rotatable bonds is 14. The van der Waals surface area contributed by atoms with Crippen LogP contribution in [0.1, 0.15) is 103 Å². The minimum atomic E-state index is -1.03. The second-order valence-electron chi connectivity index (χ2n) is 13.7. The number of amides is 4. The fourth-order valence-corrected chi connectivity index (χ4v) is 6.03. The third kappa shape index (κ3) is 11.9. The molecule has 4 rings (SSSR count). The first kappa shape index (κ1) is 40.1. The van der Waals surface area contributed by atoms with Crippen molar-refractivity contribution in [1.29, 1.82) is 0 Å². The summed E-state index contributed by atoms with van der Waals surface area (Å²) in [6.45, 7) is 7.46. The van der Waals surface area contributed by atoms with Crippen LogP contribution in [-0.2, 0) is 37.1 Å². The van der Waals surface area contributed by atoms with Gasteiger partial charge in [0.25, 0.3) is 0 Å². The van der Waals surface area contributed by atoms with Crippen LogP contribution < -0.4 is 21.3 Å². The monoisotopic (exact) mass is 702 g/mol. The van der Waals surface area contributed by atoms with E-state index in [1.807, 2.05) is 27.7 Å². The highest BCUT2D eigenvalue weighted by molar-refractivity contribution is 5.92. The maximum absolute atomic E-state index is 12.9. The van der Waals surface area contributed by atoms with Gasteiger partial charge in [0.15, 0.2) is 13.2 Å². The van der Waals surface area contributed by atoms with E-state index >= 15 is 0 Å². The van der Waals surface area contributed by atoms with Crippen LogP contribution in [0.15, 0.2) is 45.6 Å². The normalized spacial score (nSPS) is 17.7. The molecule has 2 aromatic heterocycles. The molecule has 2 heterocycles. The van der Waals surface area contributed by atoms with Gasteiger partial charge in [0.05, 0.1) is 31.2 Å². The average Bonchev–Trinajstić information content (AvgIpc) is 3.83. The van der Waals surface area contributed by atoms with E-state index in [0.29, 0.717) is 37.2 Å². The summed E-state index contributed by atoms with van der Waals surface area (Å²) < 4.78 is 20.6. The van der Waals surface area contributed by atoms with Crippen LogP contribution in [0.3, 0.4) is 0 Å². The highest BCUT2D eigenvalue weighted by atomic mass is 16.6. The Morgan fingerprint density at radius 1 is 0.740 bits per heavy atom. The molecule has 2 aliphatic rings. The molecule has 0 saturated heterocycles. The minimum absolute atomic E-state index is 0.000507. The first-order valence-corrected chi connectivity index (χ1v) is 17.6. The predicted molar refractivity (Wildman–Crippen MR) is 182 cm³/mol. The van der Waals surface area contributed by atoms with Crippen LogP contribution >= 0.6 is 0 Å². The Balaban J connectivity index is 0.000000270. The molecule has 2 aromatic rings. The molecule has 0 aliphatic heterocycles. The first-order valence-electron chi connectivity index (χ1n) is 17.6. The molecule has 0 radical (unpaired) electrons. The quantitative estimate of drug-likeness (QED) is 0.169. The molecule has 0 spiro atoms. The number of hydrogen-bond donors (Lipinski definition) is 5. The zero-order chi connectivity index (χ0) is 36.6. The Morgan fingerprint density at radius 2 is 1.18 bits per heavy atom. The number of alkyl carbamates (subject to hydrolysis) is 2. The van der Waals surface area contributed by atoms with Gasteiger partial charge in [-0.25, -0.2) is 9.59 Å². The van der Waals surface area contributed by atoms with E-state index < -0.39 is 29.3 Å². The Hall–Kier alpha value is -4.33. The number of aliphatic hydroxyl groups excluding tert-OH is 1.